The van der Waals surface area contributed by atoms with Crippen LogP contribution in [0, 0.1) is 6.92 Å². The molecule has 6 nitrogen and oxygen atoms in total. The van der Waals surface area contributed by atoms with E-state index in [1.807, 2.05) is 19.1 Å². The van der Waals surface area contributed by atoms with E-state index in [-0.39, 0.29) is 16.5 Å². The van der Waals surface area contributed by atoms with Gasteiger partial charge in [0.15, 0.2) is 0 Å². The summed E-state index contributed by atoms with van der Waals surface area (Å²) in [5.74, 6) is -0.0603. The van der Waals surface area contributed by atoms with Crippen LogP contribution in [0.5, 0.6) is 5.75 Å². The first-order valence-corrected chi connectivity index (χ1v) is 9.22. The van der Waals surface area contributed by atoms with E-state index in [1.54, 1.807) is 12.1 Å². The summed E-state index contributed by atoms with van der Waals surface area (Å²) < 4.78 is 31.1. The molecule has 0 aliphatic rings. The predicted molar refractivity (Wildman–Crippen MR) is 97.6 cm³/mol. The molecule has 0 heterocycles. The first-order chi connectivity index (χ1) is 11.7. The first-order valence-electron chi connectivity index (χ1n) is 7.40. The lowest BCUT2D eigenvalue weighted by atomic mass is 10.2. The lowest BCUT2D eigenvalue weighted by Gasteiger charge is -2.17. The van der Waals surface area contributed by atoms with Crippen LogP contribution >= 0.6 is 11.6 Å². The number of hydrogen-bond acceptors (Lipinski definition) is 4. The van der Waals surface area contributed by atoms with Gasteiger partial charge in [-0.2, -0.15) is 4.31 Å². The maximum Gasteiger partial charge on any atom is 0.243 e. The number of amides is 1. The second-order valence-electron chi connectivity index (χ2n) is 5.47. The monoisotopic (exact) mass is 382 g/mol. The van der Waals surface area contributed by atoms with E-state index in [1.165, 1.54) is 32.4 Å². The summed E-state index contributed by atoms with van der Waals surface area (Å²) in [4.78, 5) is 12.1. The van der Waals surface area contributed by atoms with Gasteiger partial charge in [-0.15, -0.1) is 0 Å². The van der Waals surface area contributed by atoms with Gasteiger partial charge < -0.3 is 10.1 Å². The number of hydrogen-bond donors (Lipinski definition) is 1. The minimum Gasteiger partial charge on any atom is -0.495 e. The average molecular weight is 383 g/mol. The number of methoxy groups -OCH3 is 1. The van der Waals surface area contributed by atoms with Crippen LogP contribution in [0.4, 0.5) is 5.69 Å². The Morgan fingerprint density at radius 3 is 2.40 bits per heavy atom. The van der Waals surface area contributed by atoms with Crippen LogP contribution in [0.25, 0.3) is 0 Å². The molecule has 0 atom stereocenters. The average Bonchev–Trinajstić information content (AvgIpc) is 2.56. The van der Waals surface area contributed by atoms with Crippen molar-refractivity contribution in [3.05, 3.63) is 53.1 Å². The number of carbonyl (C=O) groups is 1. The van der Waals surface area contributed by atoms with Gasteiger partial charge in [0, 0.05) is 12.7 Å². The molecule has 2 aromatic carbocycles. The molecule has 0 saturated heterocycles. The summed E-state index contributed by atoms with van der Waals surface area (Å²) in [6.45, 7) is 1.62. The van der Waals surface area contributed by atoms with E-state index < -0.39 is 15.9 Å². The zero-order chi connectivity index (χ0) is 18.6. The third kappa shape index (κ3) is 4.72. The predicted octanol–water partition coefficient (Wildman–Crippen LogP) is 2.92. The molecular weight excluding hydrogens is 364 g/mol. The number of nitrogens with zero attached hydrogens (tertiary/aromatic N) is 1. The standard InChI is InChI=1S/C17H19ClN2O4S/c1-12-4-6-13(7-5-12)19-17(21)11-20(2)25(22,23)14-8-9-16(24-3)15(18)10-14/h4-10H,11H2,1-3H3,(H,19,21). The molecule has 134 valence electrons. The number of carbonyl (C=O) groups excluding carboxylic acids is 1. The number of ether oxygens (including phenoxy) is 1. The van der Waals surface area contributed by atoms with Crippen molar-refractivity contribution in [2.45, 2.75) is 11.8 Å². The molecule has 2 rings (SSSR count). The molecule has 0 bridgehead atoms. The molecule has 1 amide bonds. The Morgan fingerprint density at radius 1 is 1.20 bits per heavy atom. The Labute approximate surface area is 152 Å². The Hall–Kier alpha value is -2.09. The van der Waals surface area contributed by atoms with Crippen molar-refractivity contribution in [1.29, 1.82) is 0 Å². The molecule has 8 heteroatoms. The lowest BCUT2D eigenvalue weighted by molar-refractivity contribution is -0.116. The highest BCUT2D eigenvalue weighted by Gasteiger charge is 2.24. The summed E-state index contributed by atoms with van der Waals surface area (Å²) in [6.07, 6.45) is 0. The van der Waals surface area contributed by atoms with Crippen molar-refractivity contribution in [3.63, 3.8) is 0 Å². The lowest BCUT2D eigenvalue weighted by Crippen LogP contribution is -2.35. The van der Waals surface area contributed by atoms with Gasteiger partial charge >= 0.3 is 0 Å². The van der Waals surface area contributed by atoms with E-state index >= 15 is 0 Å². The van der Waals surface area contributed by atoms with Crippen molar-refractivity contribution in [3.8, 4) is 5.75 Å². The number of sulfonamides is 1. The molecule has 0 saturated carbocycles. The van der Waals surface area contributed by atoms with Gasteiger partial charge in [0.25, 0.3) is 0 Å². The van der Waals surface area contributed by atoms with Crippen molar-refractivity contribution in [2.24, 2.45) is 0 Å². The fourth-order valence-electron chi connectivity index (χ4n) is 2.11. The third-order valence-electron chi connectivity index (χ3n) is 3.53. The third-order valence-corrected chi connectivity index (χ3v) is 5.63. The Kier molecular flexibility index (Phi) is 6.05. The second-order valence-corrected chi connectivity index (χ2v) is 7.92. The van der Waals surface area contributed by atoms with Gasteiger partial charge in [0.05, 0.1) is 23.6 Å². The summed E-state index contributed by atoms with van der Waals surface area (Å²) in [5, 5.41) is 2.84. The molecule has 0 aliphatic heterocycles. The summed E-state index contributed by atoms with van der Waals surface area (Å²) in [5.41, 5.74) is 1.67. The zero-order valence-electron chi connectivity index (χ0n) is 14.1. The summed E-state index contributed by atoms with van der Waals surface area (Å²) in [6, 6.07) is 11.4. The smallest absolute Gasteiger partial charge is 0.243 e. The largest absolute Gasteiger partial charge is 0.495 e. The number of halogens is 1. The summed E-state index contributed by atoms with van der Waals surface area (Å²) >= 11 is 5.98. The van der Waals surface area contributed by atoms with Crippen LogP contribution in [0.1, 0.15) is 5.56 Å². The maximum atomic E-state index is 12.6. The van der Waals surface area contributed by atoms with Gasteiger partial charge in [0.2, 0.25) is 15.9 Å². The van der Waals surface area contributed by atoms with Crippen molar-refractivity contribution >= 4 is 33.2 Å². The van der Waals surface area contributed by atoms with Gasteiger partial charge in [-0.3, -0.25) is 4.79 Å². The zero-order valence-corrected chi connectivity index (χ0v) is 15.7. The number of nitrogens with one attached hydrogen (secondary N) is 1. The molecule has 25 heavy (non-hydrogen) atoms. The van der Waals surface area contributed by atoms with Crippen LogP contribution in [0.2, 0.25) is 5.02 Å². The Morgan fingerprint density at radius 2 is 1.84 bits per heavy atom. The minimum atomic E-state index is -3.85. The van der Waals surface area contributed by atoms with Gasteiger partial charge in [0.1, 0.15) is 5.75 Å². The molecule has 2 aromatic rings. The number of aryl methyl sites for hydroxylation is 1. The highest BCUT2D eigenvalue weighted by molar-refractivity contribution is 7.89. The highest BCUT2D eigenvalue weighted by Crippen LogP contribution is 2.28. The van der Waals surface area contributed by atoms with Gasteiger partial charge in [-0.05, 0) is 37.3 Å². The molecule has 0 aromatic heterocycles. The second kappa shape index (κ2) is 7.86. The molecule has 0 unspecified atom stereocenters. The van der Waals surface area contributed by atoms with E-state index in [4.69, 9.17) is 16.3 Å². The minimum absolute atomic E-state index is 0.0102. The maximum absolute atomic E-state index is 12.6. The van der Waals surface area contributed by atoms with Crippen LogP contribution in [0.3, 0.4) is 0 Å². The van der Waals surface area contributed by atoms with Crippen LogP contribution in [-0.2, 0) is 14.8 Å². The molecule has 0 spiro atoms. The van der Waals surface area contributed by atoms with E-state index in [2.05, 4.69) is 5.32 Å². The van der Waals surface area contributed by atoms with E-state index in [9.17, 15) is 13.2 Å². The van der Waals surface area contributed by atoms with Crippen LogP contribution < -0.4 is 10.1 Å². The normalized spacial score (nSPS) is 11.4. The SMILES string of the molecule is COc1ccc(S(=O)(=O)N(C)CC(=O)Nc2ccc(C)cc2)cc1Cl. The van der Waals surface area contributed by atoms with Gasteiger partial charge in [-0.25, -0.2) is 8.42 Å². The highest BCUT2D eigenvalue weighted by atomic mass is 35.5. The van der Waals surface area contributed by atoms with E-state index in [0.717, 1.165) is 9.87 Å². The summed E-state index contributed by atoms with van der Waals surface area (Å²) in [7, 11) is -1.07. The Bertz CT molecular complexity index is 867. The van der Waals surface area contributed by atoms with Crippen LogP contribution in [0.15, 0.2) is 47.4 Å². The van der Waals surface area contributed by atoms with Crippen molar-refractivity contribution < 1.29 is 17.9 Å². The van der Waals surface area contributed by atoms with Gasteiger partial charge in [-0.1, -0.05) is 29.3 Å². The number of benzene rings is 2. The quantitative estimate of drug-likeness (QED) is 0.833. The fraction of sp³-hybridized carbons (Fsp3) is 0.235. The number of likely N-dealkylation sites (N-methyl/N-ethyl adjacent to an activating group) is 1. The topological polar surface area (TPSA) is 75.7 Å². The van der Waals surface area contributed by atoms with Crippen molar-refractivity contribution in [1.82, 2.24) is 4.31 Å². The van der Waals surface area contributed by atoms with E-state index in [0.29, 0.717) is 11.4 Å². The van der Waals surface area contributed by atoms with Crippen LogP contribution in [-0.4, -0.2) is 39.3 Å². The number of rotatable bonds is 6. The fourth-order valence-corrected chi connectivity index (χ4v) is 3.59. The number of anilines is 1. The Balaban J connectivity index is 2.10. The molecule has 0 radical (unpaired) electrons. The molecule has 0 aliphatic carbocycles. The molecule has 0 fully saturated rings. The van der Waals surface area contributed by atoms with Crippen molar-refractivity contribution in [2.75, 3.05) is 26.0 Å². The molecule has 1 N–H and O–H groups in total. The first kappa shape index (κ1) is 19.2. The molecular formula is C17H19ClN2O4S.